The molecule has 0 spiro atoms. The average molecular weight is 410 g/mol. The molecule has 0 radical (unpaired) electrons. The second-order valence-electron chi connectivity index (χ2n) is 4.85. The minimum absolute atomic E-state index is 0.231. The second-order valence-corrected chi connectivity index (χ2v) is 6.66. The molecule has 3 rings (SSSR count). The first kappa shape index (κ1) is 16.8. The SMILES string of the molecule is CCOC(=O)C1=CNC(c2nccs2)=N[C@H]1c1ccc(Br)cc1F. The zero-order valence-corrected chi connectivity index (χ0v) is 15.0. The molecule has 1 aliphatic rings. The summed E-state index contributed by atoms with van der Waals surface area (Å²) < 4.78 is 20.1. The lowest BCUT2D eigenvalue weighted by molar-refractivity contribution is -0.138. The van der Waals surface area contributed by atoms with Gasteiger partial charge >= 0.3 is 5.97 Å². The van der Waals surface area contributed by atoms with Gasteiger partial charge in [-0.1, -0.05) is 22.0 Å². The van der Waals surface area contributed by atoms with Crippen LogP contribution >= 0.6 is 27.3 Å². The number of aliphatic imine (C=N–C) groups is 1. The van der Waals surface area contributed by atoms with Crippen LogP contribution < -0.4 is 5.32 Å². The van der Waals surface area contributed by atoms with Crippen LogP contribution in [0.15, 0.2) is 51.0 Å². The molecule has 2 aromatic rings. The molecule has 1 aliphatic heterocycles. The molecule has 0 bridgehead atoms. The summed E-state index contributed by atoms with van der Waals surface area (Å²) in [7, 11) is 0. The normalized spacial score (nSPS) is 16.9. The number of carbonyl (C=O) groups is 1. The van der Waals surface area contributed by atoms with Crippen LogP contribution in [-0.4, -0.2) is 23.4 Å². The van der Waals surface area contributed by atoms with Gasteiger partial charge in [-0.3, -0.25) is 4.99 Å². The van der Waals surface area contributed by atoms with E-state index in [0.29, 0.717) is 20.9 Å². The molecule has 0 fully saturated rings. The Hall–Kier alpha value is -2.06. The third-order valence-electron chi connectivity index (χ3n) is 3.32. The number of nitrogens with one attached hydrogen (secondary N) is 1. The van der Waals surface area contributed by atoms with E-state index in [2.05, 4.69) is 31.2 Å². The Morgan fingerprint density at radius 2 is 2.33 bits per heavy atom. The van der Waals surface area contributed by atoms with Gasteiger partial charge in [0.25, 0.3) is 0 Å². The molecule has 1 aromatic heterocycles. The van der Waals surface area contributed by atoms with Gasteiger partial charge in [-0.15, -0.1) is 11.3 Å². The molecule has 0 saturated heterocycles. The number of rotatable bonds is 4. The molecule has 8 heteroatoms. The summed E-state index contributed by atoms with van der Waals surface area (Å²) in [5.41, 5.74) is 0.548. The third-order valence-corrected chi connectivity index (χ3v) is 4.59. The maximum absolute atomic E-state index is 14.4. The van der Waals surface area contributed by atoms with Gasteiger partial charge in [0.2, 0.25) is 0 Å². The Bertz CT molecular complexity index is 821. The zero-order chi connectivity index (χ0) is 17.1. The van der Waals surface area contributed by atoms with Crippen LogP contribution in [0.2, 0.25) is 0 Å². The zero-order valence-electron chi connectivity index (χ0n) is 12.6. The predicted octanol–water partition coefficient (Wildman–Crippen LogP) is 3.58. The number of ether oxygens (including phenoxy) is 1. The van der Waals surface area contributed by atoms with Crippen molar-refractivity contribution in [2.24, 2.45) is 4.99 Å². The maximum Gasteiger partial charge on any atom is 0.338 e. The molecule has 1 atom stereocenters. The fourth-order valence-electron chi connectivity index (χ4n) is 2.26. The van der Waals surface area contributed by atoms with Crippen molar-refractivity contribution in [1.82, 2.24) is 10.3 Å². The number of amidine groups is 1. The van der Waals surface area contributed by atoms with Gasteiger partial charge in [0.15, 0.2) is 10.8 Å². The molecule has 1 N–H and O–H groups in total. The number of esters is 1. The molecular weight excluding hydrogens is 397 g/mol. The summed E-state index contributed by atoms with van der Waals surface area (Å²) >= 11 is 4.63. The number of hydrogen-bond donors (Lipinski definition) is 1. The van der Waals surface area contributed by atoms with Crippen LogP contribution in [0.5, 0.6) is 0 Å². The molecular formula is C16H13BrFN3O2S. The van der Waals surface area contributed by atoms with Crippen LogP contribution in [0.25, 0.3) is 0 Å². The summed E-state index contributed by atoms with van der Waals surface area (Å²) in [6, 6.07) is 3.86. The monoisotopic (exact) mass is 409 g/mol. The lowest BCUT2D eigenvalue weighted by atomic mass is 9.98. The number of halogens is 2. The Kier molecular flexibility index (Phi) is 5.06. The van der Waals surface area contributed by atoms with E-state index in [9.17, 15) is 9.18 Å². The van der Waals surface area contributed by atoms with Crippen molar-refractivity contribution in [1.29, 1.82) is 0 Å². The molecule has 2 heterocycles. The Morgan fingerprint density at radius 3 is 3.00 bits per heavy atom. The first-order valence-corrected chi connectivity index (χ1v) is 8.83. The van der Waals surface area contributed by atoms with E-state index in [1.807, 2.05) is 5.38 Å². The standard InChI is InChI=1S/C16H13BrFN3O2S/c1-2-23-16(22)11-8-20-14(15-19-5-6-24-15)21-13(11)10-4-3-9(17)7-12(10)18/h3-8,13H,2H2,1H3,(H,20,21)/t13-/m0/s1. The van der Waals surface area contributed by atoms with Crippen LogP contribution in [0.1, 0.15) is 23.5 Å². The molecule has 0 aliphatic carbocycles. The van der Waals surface area contributed by atoms with Gasteiger partial charge in [0.05, 0.1) is 12.2 Å². The van der Waals surface area contributed by atoms with Crippen molar-refractivity contribution in [2.75, 3.05) is 6.61 Å². The van der Waals surface area contributed by atoms with E-state index in [0.717, 1.165) is 0 Å². The van der Waals surface area contributed by atoms with Crippen molar-refractivity contribution < 1.29 is 13.9 Å². The van der Waals surface area contributed by atoms with Gasteiger partial charge in [0.1, 0.15) is 11.9 Å². The van der Waals surface area contributed by atoms with Crippen molar-refractivity contribution >= 4 is 39.1 Å². The van der Waals surface area contributed by atoms with Crippen molar-refractivity contribution in [3.05, 3.63) is 62.4 Å². The topological polar surface area (TPSA) is 63.6 Å². The van der Waals surface area contributed by atoms with Gasteiger partial charge in [-0.25, -0.2) is 14.2 Å². The highest BCUT2D eigenvalue weighted by atomic mass is 79.9. The van der Waals surface area contributed by atoms with Gasteiger partial charge in [0, 0.05) is 27.8 Å². The van der Waals surface area contributed by atoms with Gasteiger partial charge in [-0.05, 0) is 19.1 Å². The number of aromatic nitrogens is 1. The first-order chi connectivity index (χ1) is 11.6. The number of thiazole rings is 1. The summed E-state index contributed by atoms with van der Waals surface area (Å²) in [6.07, 6.45) is 3.16. The van der Waals surface area contributed by atoms with Crippen molar-refractivity contribution in [2.45, 2.75) is 13.0 Å². The van der Waals surface area contributed by atoms with Crippen molar-refractivity contribution in [3.8, 4) is 0 Å². The third kappa shape index (κ3) is 3.39. The van der Waals surface area contributed by atoms with Crippen LogP contribution in [-0.2, 0) is 9.53 Å². The van der Waals surface area contributed by atoms with E-state index in [1.165, 1.54) is 23.6 Å². The minimum atomic E-state index is -0.794. The van der Waals surface area contributed by atoms with E-state index >= 15 is 0 Å². The number of benzene rings is 1. The molecule has 124 valence electrons. The minimum Gasteiger partial charge on any atom is -0.463 e. The lowest BCUT2D eigenvalue weighted by Crippen LogP contribution is -2.29. The second kappa shape index (κ2) is 7.23. The molecule has 0 unspecified atom stereocenters. The fourth-order valence-corrected chi connectivity index (χ4v) is 3.19. The molecule has 1 aromatic carbocycles. The number of nitrogens with zero attached hydrogens (tertiary/aromatic N) is 2. The molecule has 24 heavy (non-hydrogen) atoms. The van der Waals surface area contributed by atoms with Crippen molar-refractivity contribution in [3.63, 3.8) is 0 Å². The Balaban J connectivity index is 2.04. The quantitative estimate of drug-likeness (QED) is 0.783. The molecule has 5 nitrogen and oxygen atoms in total. The Morgan fingerprint density at radius 1 is 1.50 bits per heavy atom. The summed E-state index contributed by atoms with van der Waals surface area (Å²) in [5.74, 6) is -0.488. The Labute approximate surface area is 150 Å². The largest absolute Gasteiger partial charge is 0.463 e. The predicted molar refractivity (Wildman–Crippen MR) is 93.3 cm³/mol. The highest BCUT2D eigenvalue weighted by Crippen LogP contribution is 2.32. The fraction of sp³-hybridized carbons (Fsp3) is 0.188. The smallest absolute Gasteiger partial charge is 0.338 e. The molecule has 0 amide bonds. The van der Waals surface area contributed by atoms with Crippen LogP contribution in [0.4, 0.5) is 4.39 Å². The number of carbonyl (C=O) groups excluding carboxylic acids is 1. The summed E-state index contributed by atoms with van der Waals surface area (Å²) in [4.78, 5) is 20.9. The van der Waals surface area contributed by atoms with Gasteiger partial charge in [-0.2, -0.15) is 0 Å². The van der Waals surface area contributed by atoms with Crippen LogP contribution in [0, 0.1) is 5.82 Å². The van der Waals surface area contributed by atoms with Crippen LogP contribution in [0.3, 0.4) is 0 Å². The summed E-state index contributed by atoms with van der Waals surface area (Å²) in [6.45, 7) is 1.95. The summed E-state index contributed by atoms with van der Waals surface area (Å²) in [5, 5.41) is 5.43. The molecule has 0 saturated carbocycles. The maximum atomic E-state index is 14.4. The number of hydrogen-bond acceptors (Lipinski definition) is 6. The van der Waals surface area contributed by atoms with E-state index in [4.69, 9.17) is 4.74 Å². The highest BCUT2D eigenvalue weighted by molar-refractivity contribution is 9.10. The first-order valence-electron chi connectivity index (χ1n) is 7.16. The van der Waals surface area contributed by atoms with E-state index < -0.39 is 17.8 Å². The highest BCUT2D eigenvalue weighted by Gasteiger charge is 2.30. The lowest BCUT2D eigenvalue weighted by Gasteiger charge is -2.22. The van der Waals surface area contributed by atoms with Gasteiger partial charge < -0.3 is 10.1 Å². The van der Waals surface area contributed by atoms with E-state index in [1.54, 1.807) is 25.3 Å². The average Bonchev–Trinajstić information content (AvgIpc) is 3.09. The van der Waals surface area contributed by atoms with E-state index in [-0.39, 0.29) is 12.2 Å².